The lowest BCUT2D eigenvalue weighted by Gasteiger charge is -2.28. The van der Waals surface area contributed by atoms with E-state index in [-0.39, 0.29) is 0 Å². The maximum absolute atomic E-state index is 5.52. The van der Waals surface area contributed by atoms with Crippen LogP contribution in [0, 0.1) is 5.92 Å². The van der Waals surface area contributed by atoms with E-state index in [0.717, 1.165) is 17.6 Å². The van der Waals surface area contributed by atoms with Crippen molar-refractivity contribution in [3.63, 3.8) is 0 Å². The third-order valence-corrected chi connectivity index (χ3v) is 5.42. The molecule has 1 saturated carbocycles. The van der Waals surface area contributed by atoms with E-state index in [0.29, 0.717) is 6.61 Å². The summed E-state index contributed by atoms with van der Waals surface area (Å²) in [4.78, 5) is 0. The summed E-state index contributed by atoms with van der Waals surface area (Å²) in [5.74, 6) is 2.70. The summed E-state index contributed by atoms with van der Waals surface area (Å²) >= 11 is 0. The Balaban J connectivity index is 1.63. The molecule has 3 rings (SSSR count). The molecule has 1 aliphatic carbocycles. The molecule has 1 aliphatic rings. The van der Waals surface area contributed by atoms with Crippen LogP contribution >= 0.6 is 0 Å². The molecular formula is C23H30O. The molecule has 0 aliphatic heterocycles. The second-order valence-corrected chi connectivity index (χ2v) is 7.09. The van der Waals surface area contributed by atoms with Crippen molar-refractivity contribution < 1.29 is 4.74 Å². The second-order valence-electron chi connectivity index (χ2n) is 7.09. The van der Waals surface area contributed by atoms with Crippen LogP contribution in [0.4, 0.5) is 0 Å². The van der Waals surface area contributed by atoms with Gasteiger partial charge in [0, 0.05) is 0 Å². The maximum atomic E-state index is 5.52. The smallest absolute Gasteiger partial charge is 0.119 e. The molecule has 1 nitrogen and oxygen atoms in total. The topological polar surface area (TPSA) is 9.23 Å². The zero-order valence-electron chi connectivity index (χ0n) is 15.1. The molecule has 1 fully saturated rings. The number of hydrogen-bond donors (Lipinski definition) is 0. The molecule has 0 amide bonds. The fraction of sp³-hybridized carbons (Fsp3) is 0.478. The predicted octanol–water partition coefficient (Wildman–Crippen LogP) is 6.83. The molecule has 0 radical (unpaired) electrons. The SMILES string of the molecule is CCC[C@H]1CC[C@H](c2ccc(-c3ccc(OCC)cc3)cc2)CC1. The minimum absolute atomic E-state index is 0.717. The first-order chi connectivity index (χ1) is 11.8. The Morgan fingerprint density at radius 1 is 0.792 bits per heavy atom. The first-order valence-electron chi connectivity index (χ1n) is 9.63. The fourth-order valence-electron chi connectivity index (χ4n) is 4.05. The maximum Gasteiger partial charge on any atom is 0.119 e. The van der Waals surface area contributed by atoms with Crippen LogP contribution in [-0.2, 0) is 0 Å². The van der Waals surface area contributed by atoms with Gasteiger partial charge in [0.05, 0.1) is 6.61 Å². The lowest BCUT2D eigenvalue weighted by atomic mass is 9.77. The minimum Gasteiger partial charge on any atom is -0.494 e. The van der Waals surface area contributed by atoms with Gasteiger partial charge in [-0.15, -0.1) is 0 Å². The average Bonchev–Trinajstić information content (AvgIpc) is 2.64. The van der Waals surface area contributed by atoms with E-state index in [2.05, 4.69) is 55.5 Å². The summed E-state index contributed by atoms with van der Waals surface area (Å²) < 4.78 is 5.52. The van der Waals surface area contributed by atoms with Gasteiger partial charge in [0.25, 0.3) is 0 Å². The summed E-state index contributed by atoms with van der Waals surface area (Å²) in [5.41, 5.74) is 4.08. The van der Waals surface area contributed by atoms with Gasteiger partial charge >= 0.3 is 0 Å². The normalized spacial score (nSPS) is 20.8. The van der Waals surface area contributed by atoms with Crippen molar-refractivity contribution in [2.75, 3.05) is 6.61 Å². The Kier molecular flexibility index (Phi) is 5.96. The monoisotopic (exact) mass is 322 g/mol. The van der Waals surface area contributed by atoms with Crippen LogP contribution in [0.1, 0.15) is 63.9 Å². The number of rotatable bonds is 6. The number of hydrogen-bond acceptors (Lipinski definition) is 1. The Bertz CT molecular complexity index is 603. The molecule has 0 spiro atoms. The van der Waals surface area contributed by atoms with Crippen molar-refractivity contribution in [1.82, 2.24) is 0 Å². The molecule has 0 unspecified atom stereocenters. The summed E-state index contributed by atoms with van der Waals surface area (Å²) in [6, 6.07) is 17.7. The van der Waals surface area contributed by atoms with Gasteiger partial charge in [-0.3, -0.25) is 0 Å². The third kappa shape index (κ3) is 4.20. The predicted molar refractivity (Wildman–Crippen MR) is 103 cm³/mol. The summed E-state index contributed by atoms with van der Waals surface area (Å²) in [6.45, 7) is 5.04. The van der Waals surface area contributed by atoms with Gasteiger partial charge in [0.15, 0.2) is 0 Å². The van der Waals surface area contributed by atoms with Gasteiger partial charge in [0.1, 0.15) is 5.75 Å². The van der Waals surface area contributed by atoms with Crippen molar-refractivity contribution in [3.05, 3.63) is 54.1 Å². The van der Waals surface area contributed by atoms with Gasteiger partial charge < -0.3 is 4.74 Å². The second kappa shape index (κ2) is 8.37. The first kappa shape index (κ1) is 17.1. The van der Waals surface area contributed by atoms with E-state index >= 15 is 0 Å². The van der Waals surface area contributed by atoms with Gasteiger partial charge in [-0.2, -0.15) is 0 Å². The standard InChI is InChI=1S/C23H30O/c1-3-5-18-6-8-19(9-7-18)20-10-12-21(13-11-20)22-14-16-23(17-15-22)24-4-2/h10-19H,3-9H2,1-2H3/t18-,19-. The molecule has 0 heterocycles. The lowest BCUT2D eigenvalue weighted by Crippen LogP contribution is -2.13. The molecule has 128 valence electrons. The van der Waals surface area contributed by atoms with Crippen molar-refractivity contribution in [1.29, 1.82) is 0 Å². The van der Waals surface area contributed by atoms with Crippen molar-refractivity contribution >= 4 is 0 Å². The molecule has 0 bridgehead atoms. The van der Waals surface area contributed by atoms with E-state index in [4.69, 9.17) is 4.74 Å². The van der Waals surface area contributed by atoms with E-state index in [1.54, 1.807) is 0 Å². The molecule has 2 aromatic carbocycles. The number of ether oxygens (including phenoxy) is 1. The van der Waals surface area contributed by atoms with E-state index in [9.17, 15) is 0 Å². The zero-order chi connectivity index (χ0) is 16.8. The highest BCUT2D eigenvalue weighted by atomic mass is 16.5. The van der Waals surface area contributed by atoms with Gasteiger partial charge in [-0.05, 0) is 73.3 Å². The van der Waals surface area contributed by atoms with Crippen molar-refractivity contribution in [2.45, 2.75) is 58.3 Å². The summed E-state index contributed by atoms with van der Waals surface area (Å²) in [5, 5.41) is 0. The molecule has 24 heavy (non-hydrogen) atoms. The van der Waals surface area contributed by atoms with Crippen LogP contribution in [0.2, 0.25) is 0 Å². The van der Waals surface area contributed by atoms with Gasteiger partial charge in [-0.25, -0.2) is 0 Å². The lowest BCUT2D eigenvalue weighted by molar-refractivity contribution is 0.308. The van der Waals surface area contributed by atoms with Gasteiger partial charge in [0.2, 0.25) is 0 Å². The van der Waals surface area contributed by atoms with Crippen LogP contribution in [0.5, 0.6) is 5.75 Å². The first-order valence-corrected chi connectivity index (χ1v) is 9.63. The molecule has 0 aromatic heterocycles. The van der Waals surface area contributed by atoms with Crippen LogP contribution in [0.3, 0.4) is 0 Å². The van der Waals surface area contributed by atoms with E-state index in [1.807, 2.05) is 6.92 Å². The van der Waals surface area contributed by atoms with E-state index in [1.165, 1.54) is 55.2 Å². The summed E-state index contributed by atoms with van der Waals surface area (Å²) in [6.07, 6.45) is 8.33. The minimum atomic E-state index is 0.717. The van der Waals surface area contributed by atoms with E-state index < -0.39 is 0 Å². The van der Waals surface area contributed by atoms with Crippen molar-refractivity contribution in [2.24, 2.45) is 5.92 Å². The molecular weight excluding hydrogens is 292 g/mol. The molecule has 1 heteroatoms. The Morgan fingerprint density at radius 3 is 1.92 bits per heavy atom. The largest absolute Gasteiger partial charge is 0.494 e. The Hall–Kier alpha value is -1.76. The molecule has 0 saturated heterocycles. The molecule has 2 aromatic rings. The zero-order valence-corrected chi connectivity index (χ0v) is 15.1. The molecule has 0 N–H and O–H groups in total. The average molecular weight is 322 g/mol. The van der Waals surface area contributed by atoms with Crippen LogP contribution in [-0.4, -0.2) is 6.61 Å². The summed E-state index contributed by atoms with van der Waals surface area (Å²) in [7, 11) is 0. The number of benzene rings is 2. The third-order valence-electron chi connectivity index (χ3n) is 5.42. The highest BCUT2D eigenvalue weighted by molar-refractivity contribution is 5.64. The van der Waals surface area contributed by atoms with Crippen LogP contribution in [0.15, 0.2) is 48.5 Å². The van der Waals surface area contributed by atoms with Crippen molar-refractivity contribution in [3.8, 4) is 16.9 Å². The Morgan fingerprint density at radius 2 is 1.38 bits per heavy atom. The highest BCUT2D eigenvalue weighted by Gasteiger charge is 2.21. The van der Waals surface area contributed by atoms with Crippen LogP contribution < -0.4 is 4.74 Å². The molecule has 0 atom stereocenters. The van der Waals surface area contributed by atoms with Crippen LogP contribution in [0.25, 0.3) is 11.1 Å². The Labute approximate surface area is 147 Å². The fourth-order valence-corrected chi connectivity index (χ4v) is 4.05. The quantitative estimate of drug-likeness (QED) is 0.566. The van der Waals surface area contributed by atoms with Gasteiger partial charge in [-0.1, -0.05) is 56.2 Å². The highest BCUT2D eigenvalue weighted by Crippen LogP contribution is 2.38.